The van der Waals surface area contributed by atoms with E-state index in [-0.39, 0.29) is 17.4 Å². The van der Waals surface area contributed by atoms with Crippen LogP contribution in [0.4, 0.5) is 5.69 Å². The maximum atomic E-state index is 13.3. The number of hydrogen-bond donors (Lipinski definition) is 1. The van der Waals surface area contributed by atoms with Crippen LogP contribution >= 0.6 is 0 Å². The van der Waals surface area contributed by atoms with Crippen LogP contribution in [0.25, 0.3) is 0 Å². The first-order chi connectivity index (χ1) is 15.9. The van der Waals surface area contributed by atoms with E-state index in [1.165, 1.54) is 22.7 Å². The van der Waals surface area contributed by atoms with E-state index in [1.54, 1.807) is 25.1 Å². The van der Waals surface area contributed by atoms with Gasteiger partial charge in [0.15, 0.2) is 6.61 Å². The van der Waals surface area contributed by atoms with Gasteiger partial charge in [0, 0.05) is 13.1 Å². The number of hydrogen-bond acceptors (Lipinski definition) is 4. The number of nitrogens with one attached hydrogen (secondary N) is 1. The number of nitrogens with zero attached hydrogens (tertiary/aromatic N) is 1. The number of ether oxygens (including phenoxy) is 1. The van der Waals surface area contributed by atoms with Gasteiger partial charge in [-0.15, -0.1) is 0 Å². The van der Waals surface area contributed by atoms with Crippen LogP contribution in [0.5, 0.6) is 5.75 Å². The van der Waals surface area contributed by atoms with Crippen molar-refractivity contribution >= 4 is 21.6 Å². The van der Waals surface area contributed by atoms with Gasteiger partial charge in [0.2, 0.25) is 0 Å². The van der Waals surface area contributed by atoms with Crippen LogP contribution in [-0.4, -0.2) is 34.0 Å². The molecule has 0 aromatic heterocycles. The summed E-state index contributed by atoms with van der Waals surface area (Å²) in [6.07, 6.45) is 9.61. The fraction of sp³-hybridized carbons (Fsp3) is 0.423. The van der Waals surface area contributed by atoms with Crippen molar-refractivity contribution < 1.29 is 17.9 Å². The lowest BCUT2D eigenvalue weighted by atomic mass is 9.97. The van der Waals surface area contributed by atoms with Gasteiger partial charge in [0.05, 0.1) is 10.6 Å². The fourth-order valence-corrected chi connectivity index (χ4v) is 6.14. The molecule has 7 heteroatoms. The third-order valence-electron chi connectivity index (χ3n) is 6.31. The third-order valence-corrected chi connectivity index (χ3v) is 8.12. The molecule has 0 unspecified atom stereocenters. The molecular formula is C26H32N2O4S. The Morgan fingerprint density at radius 3 is 2.73 bits per heavy atom. The Morgan fingerprint density at radius 1 is 1.09 bits per heavy atom. The summed E-state index contributed by atoms with van der Waals surface area (Å²) < 4.78 is 33.9. The average molecular weight is 469 g/mol. The van der Waals surface area contributed by atoms with Crippen molar-refractivity contribution in [1.29, 1.82) is 0 Å². The highest BCUT2D eigenvalue weighted by molar-refractivity contribution is 7.92. The molecule has 33 heavy (non-hydrogen) atoms. The molecule has 2 aliphatic rings. The number of carbonyl (C=O) groups is 1. The number of amides is 1. The van der Waals surface area contributed by atoms with E-state index in [9.17, 15) is 13.2 Å². The van der Waals surface area contributed by atoms with Crippen molar-refractivity contribution in [2.24, 2.45) is 0 Å². The van der Waals surface area contributed by atoms with E-state index < -0.39 is 10.0 Å². The molecular weight excluding hydrogens is 436 g/mol. The van der Waals surface area contributed by atoms with Gasteiger partial charge in [-0.1, -0.05) is 29.8 Å². The predicted molar refractivity (Wildman–Crippen MR) is 130 cm³/mol. The van der Waals surface area contributed by atoms with Gasteiger partial charge < -0.3 is 10.1 Å². The van der Waals surface area contributed by atoms with E-state index in [2.05, 4.69) is 11.4 Å². The second-order valence-electron chi connectivity index (χ2n) is 8.73. The van der Waals surface area contributed by atoms with E-state index in [1.807, 2.05) is 24.3 Å². The van der Waals surface area contributed by atoms with Gasteiger partial charge in [0.25, 0.3) is 15.9 Å². The van der Waals surface area contributed by atoms with Gasteiger partial charge in [-0.2, -0.15) is 0 Å². The Hall–Kier alpha value is -2.80. The summed E-state index contributed by atoms with van der Waals surface area (Å²) in [6.45, 7) is 2.78. The summed E-state index contributed by atoms with van der Waals surface area (Å²) >= 11 is 0. The topological polar surface area (TPSA) is 75.7 Å². The molecule has 6 nitrogen and oxygen atoms in total. The van der Waals surface area contributed by atoms with Gasteiger partial charge in [-0.3, -0.25) is 9.10 Å². The number of para-hydroxylation sites is 1. The van der Waals surface area contributed by atoms with Crippen molar-refractivity contribution in [2.45, 2.75) is 56.8 Å². The van der Waals surface area contributed by atoms with Crippen molar-refractivity contribution in [1.82, 2.24) is 5.32 Å². The highest BCUT2D eigenvalue weighted by Gasteiger charge is 2.29. The Labute approximate surface area is 196 Å². The van der Waals surface area contributed by atoms with Crippen LogP contribution in [-0.2, 0) is 21.2 Å². The van der Waals surface area contributed by atoms with E-state index in [4.69, 9.17) is 4.74 Å². The second-order valence-corrected chi connectivity index (χ2v) is 10.6. The first-order valence-corrected chi connectivity index (χ1v) is 13.2. The lowest BCUT2D eigenvalue weighted by molar-refractivity contribution is -0.123. The van der Waals surface area contributed by atoms with Gasteiger partial charge in [0.1, 0.15) is 5.75 Å². The minimum atomic E-state index is -3.68. The van der Waals surface area contributed by atoms with Gasteiger partial charge >= 0.3 is 0 Å². The molecule has 0 fully saturated rings. The highest BCUT2D eigenvalue weighted by atomic mass is 32.2. The first-order valence-electron chi connectivity index (χ1n) is 11.7. The van der Waals surface area contributed by atoms with Gasteiger partial charge in [-0.25, -0.2) is 8.42 Å². The molecule has 0 bridgehead atoms. The summed E-state index contributed by atoms with van der Waals surface area (Å²) in [5.41, 5.74) is 3.91. The summed E-state index contributed by atoms with van der Waals surface area (Å²) in [5, 5.41) is 2.90. The molecule has 2 aromatic rings. The molecule has 1 heterocycles. The third kappa shape index (κ3) is 5.58. The molecule has 176 valence electrons. The highest BCUT2D eigenvalue weighted by Crippen LogP contribution is 2.33. The molecule has 0 spiro atoms. The van der Waals surface area contributed by atoms with Crippen LogP contribution in [0, 0.1) is 6.92 Å². The number of rotatable bonds is 8. The van der Waals surface area contributed by atoms with Crippen LogP contribution in [0.3, 0.4) is 0 Å². The normalized spacial score (nSPS) is 16.0. The molecule has 0 saturated carbocycles. The van der Waals surface area contributed by atoms with Crippen molar-refractivity contribution in [3.63, 3.8) is 0 Å². The first kappa shape index (κ1) is 23.4. The number of sulfonamides is 1. The molecule has 1 N–H and O–H groups in total. The van der Waals surface area contributed by atoms with Crippen molar-refractivity contribution in [3.05, 3.63) is 65.2 Å². The lowest BCUT2D eigenvalue weighted by Gasteiger charge is -2.30. The quantitative estimate of drug-likeness (QED) is 0.578. The molecule has 0 atom stereocenters. The predicted octanol–water partition coefficient (Wildman–Crippen LogP) is 4.52. The zero-order valence-electron chi connectivity index (χ0n) is 19.2. The zero-order chi connectivity index (χ0) is 23.3. The van der Waals surface area contributed by atoms with Crippen LogP contribution in [0.15, 0.2) is 59.0 Å². The fourth-order valence-electron chi connectivity index (χ4n) is 4.51. The molecule has 0 radical (unpaired) electrons. The molecule has 0 saturated heterocycles. The van der Waals surface area contributed by atoms with Crippen LogP contribution in [0.1, 0.15) is 49.7 Å². The molecule has 1 aliphatic heterocycles. The van der Waals surface area contributed by atoms with Crippen molar-refractivity contribution in [2.75, 3.05) is 24.0 Å². The number of allylic oxidation sites excluding steroid dienone is 1. The summed E-state index contributed by atoms with van der Waals surface area (Å²) in [7, 11) is -3.68. The number of aryl methyl sites for hydroxylation is 2. The standard InChI is InChI=1S/C26H32N2O4S/c1-20-18-23(33(30,31)28-17-7-11-22-10-5-6-12-24(22)28)13-14-25(20)32-19-26(29)27-16-15-21-8-3-2-4-9-21/h5-6,8,10,12-14,18H,2-4,7,9,11,15-17,19H2,1H3,(H,27,29). The molecule has 2 aromatic carbocycles. The lowest BCUT2D eigenvalue weighted by Crippen LogP contribution is -2.35. The Bertz CT molecular complexity index is 1140. The van der Waals surface area contributed by atoms with Crippen LogP contribution < -0.4 is 14.4 Å². The molecule has 1 amide bonds. The minimum Gasteiger partial charge on any atom is -0.484 e. The maximum absolute atomic E-state index is 13.3. The van der Waals surface area contributed by atoms with Crippen LogP contribution in [0.2, 0.25) is 0 Å². The zero-order valence-corrected chi connectivity index (χ0v) is 20.0. The molecule has 1 aliphatic carbocycles. The van der Waals surface area contributed by atoms with E-state index in [0.717, 1.165) is 43.4 Å². The monoisotopic (exact) mass is 468 g/mol. The largest absolute Gasteiger partial charge is 0.484 e. The van der Waals surface area contributed by atoms with E-state index >= 15 is 0 Å². The number of benzene rings is 2. The second kappa shape index (κ2) is 10.4. The Balaban J connectivity index is 1.36. The summed E-state index contributed by atoms with van der Waals surface area (Å²) in [5.74, 6) is 0.338. The van der Waals surface area contributed by atoms with Crippen molar-refractivity contribution in [3.8, 4) is 5.75 Å². The number of fused-ring (bicyclic) bond motifs is 1. The molecule has 4 rings (SSSR count). The Morgan fingerprint density at radius 2 is 1.94 bits per heavy atom. The van der Waals surface area contributed by atoms with Gasteiger partial charge in [-0.05, 0) is 87.3 Å². The summed E-state index contributed by atoms with van der Waals surface area (Å²) in [6, 6.07) is 12.5. The average Bonchev–Trinajstić information content (AvgIpc) is 2.83. The number of anilines is 1. The minimum absolute atomic E-state index is 0.0918. The SMILES string of the molecule is Cc1cc(S(=O)(=O)N2CCCc3ccccc32)ccc1OCC(=O)NCCC1=CCCCC1. The smallest absolute Gasteiger partial charge is 0.264 e. The maximum Gasteiger partial charge on any atom is 0.264 e. The summed E-state index contributed by atoms with van der Waals surface area (Å²) in [4.78, 5) is 12.4. The number of carbonyl (C=O) groups excluding carboxylic acids is 1. The van der Waals surface area contributed by atoms with E-state index in [0.29, 0.717) is 24.4 Å². The Kier molecular flexibility index (Phi) is 7.38.